The molecule has 1 aliphatic carbocycles. The number of hydrogen-bond donors (Lipinski definition) is 1. The van der Waals surface area contributed by atoms with Crippen molar-refractivity contribution >= 4 is 0 Å². The second-order valence-electron chi connectivity index (χ2n) is 6.91. The summed E-state index contributed by atoms with van der Waals surface area (Å²) in [6.07, 6.45) is 5.46. The van der Waals surface area contributed by atoms with Gasteiger partial charge in [-0.15, -0.1) is 0 Å². The minimum Gasteiger partial charge on any atom is -0.497 e. The Morgan fingerprint density at radius 1 is 1.10 bits per heavy atom. The van der Waals surface area contributed by atoms with Gasteiger partial charge in [0.2, 0.25) is 0 Å². The van der Waals surface area contributed by atoms with Crippen LogP contribution in [0.2, 0.25) is 0 Å². The standard InChI is InChI=1S/C19H31NO/c1-13(2)15-6-8-16(9-7-15)19(20-4)18-11-10-17(21-5)12-14(18)3/h10-13,15-16,19-20H,6-9H2,1-5H3. The first-order valence-corrected chi connectivity index (χ1v) is 8.38. The molecule has 1 fully saturated rings. The predicted molar refractivity (Wildman–Crippen MR) is 89.8 cm³/mol. The maximum absolute atomic E-state index is 5.33. The maximum Gasteiger partial charge on any atom is 0.119 e. The van der Waals surface area contributed by atoms with Crippen molar-refractivity contribution in [1.29, 1.82) is 0 Å². The summed E-state index contributed by atoms with van der Waals surface area (Å²) in [7, 11) is 3.83. The molecular weight excluding hydrogens is 258 g/mol. The van der Waals surface area contributed by atoms with Gasteiger partial charge in [0.25, 0.3) is 0 Å². The Kier molecular flexibility index (Phi) is 5.69. The summed E-state index contributed by atoms with van der Waals surface area (Å²) in [5.41, 5.74) is 2.77. The van der Waals surface area contributed by atoms with Gasteiger partial charge in [-0.1, -0.05) is 19.9 Å². The molecule has 1 aromatic rings. The zero-order valence-electron chi connectivity index (χ0n) is 14.3. The van der Waals surface area contributed by atoms with Crippen LogP contribution in [0.5, 0.6) is 5.75 Å². The number of benzene rings is 1. The minimum atomic E-state index is 0.476. The van der Waals surface area contributed by atoms with E-state index in [1.165, 1.54) is 36.8 Å². The van der Waals surface area contributed by atoms with Gasteiger partial charge in [-0.25, -0.2) is 0 Å². The van der Waals surface area contributed by atoms with Crippen LogP contribution in [0.25, 0.3) is 0 Å². The molecule has 0 aliphatic heterocycles. The van der Waals surface area contributed by atoms with Crippen molar-refractivity contribution in [2.45, 2.75) is 52.5 Å². The van der Waals surface area contributed by atoms with Gasteiger partial charge < -0.3 is 10.1 Å². The first-order chi connectivity index (χ1) is 10.1. The van der Waals surface area contributed by atoms with Crippen molar-refractivity contribution in [1.82, 2.24) is 5.32 Å². The van der Waals surface area contributed by atoms with Crippen molar-refractivity contribution < 1.29 is 4.74 Å². The SMILES string of the molecule is CNC(c1ccc(OC)cc1C)C1CCC(C(C)C)CC1. The van der Waals surface area contributed by atoms with E-state index in [1.807, 2.05) is 0 Å². The lowest BCUT2D eigenvalue weighted by Gasteiger charge is -2.36. The van der Waals surface area contributed by atoms with Gasteiger partial charge >= 0.3 is 0 Å². The van der Waals surface area contributed by atoms with Crippen LogP contribution in [0.4, 0.5) is 0 Å². The fraction of sp³-hybridized carbons (Fsp3) is 0.684. The molecule has 2 rings (SSSR count). The molecule has 0 amide bonds. The molecular formula is C19H31NO. The summed E-state index contributed by atoms with van der Waals surface area (Å²) >= 11 is 0. The average Bonchev–Trinajstić information content (AvgIpc) is 2.50. The average molecular weight is 289 g/mol. The lowest BCUT2D eigenvalue weighted by molar-refractivity contribution is 0.192. The Bertz CT molecular complexity index is 447. The van der Waals surface area contributed by atoms with E-state index in [9.17, 15) is 0 Å². The predicted octanol–water partition coefficient (Wildman–Crippen LogP) is 4.73. The summed E-state index contributed by atoms with van der Waals surface area (Å²) in [5, 5.41) is 3.57. The molecule has 1 N–H and O–H groups in total. The molecule has 1 aromatic carbocycles. The number of methoxy groups -OCH3 is 1. The van der Waals surface area contributed by atoms with E-state index in [2.05, 4.69) is 51.3 Å². The summed E-state index contributed by atoms with van der Waals surface area (Å²) in [6, 6.07) is 6.96. The third-order valence-corrected chi connectivity index (χ3v) is 5.35. The van der Waals surface area contributed by atoms with Crippen molar-refractivity contribution in [3.8, 4) is 5.75 Å². The highest BCUT2D eigenvalue weighted by molar-refractivity contribution is 5.37. The van der Waals surface area contributed by atoms with Crippen LogP contribution in [0, 0.1) is 24.7 Å². The normalized spacial score (nSPS) is 24.1. The van der Waals surface area contributed by atoms with Crippen LogP contribution in [0.3, 0.4) is 0 Å². The largest absolute Gasteiger partial charge is 0.497 e. The van der Waals surface area contributed by atoms with Crippen LogP contribution >= 0.6 is 0 Å². The van der Waals surface area contributed by atoms with Gasteiger partial charge in [-0.2, -0.15) is 0 Å². The Hall–Kier alpha value is -1.02. The molecule has 1 unspecified atom stereocenters. The van der Waals surface area contributed by atoms with E-state index in [1.54, 1.807) is 7.11 Å². The first kappa shape index (κ1) is 16.4. The third kappa shape index (κ3) is 3.79. The monoisotopic (exact) mass is 289 g/mol. The number of aryl methyl sites for hydroxylation is 1. The fourth-order valence-corrected chi connectivity index (χ4v) is 3.91. The van der Waals surface area contributed by atoms with E-state index in [0.29, 0.717) is 6.04 Å². The van der Waals surface area contributed by atoms with Crippen LogP contribution < -0.4 is 10.1 Å². The van der Waals surface area contributed by atoms with Crippen LogP contribution in [0.1, 0.15) is 56.7 Å². The number of nitrogens with one attached hydrogen (secondary N) is 1. The van der Waals surface area contributed by atoms with Gasteiger partial charge in [0.15, 0.2) is 0 Å². The molecule has 0 aromatic heterocycles. The third-order valence-electron chi connectivity index (χ3n) is 5.35. The zero-order valence-corrected chi connectivity index (χ0v) is 14.3. The molecule has 118 valence electrons. The maximum atomic E-state index is 5.33. The Labute approximate surface area is 130 Å². The molecule has 0 bridgehead atoms. The van der Waals surface area contributed by atoms with Gasteiger partial charge in [0.1, 0.15) is 5.75 Å². The molecule has 2 heteroatoms. The van der Waals surface area contributed by atoms with E-state index < -0.39 is 0 Å². The van der Waals surface area contributed by atoms with Crippen LogP contribution in [-0.2, 0) is 0 Å². The summed E-state index contributed by atoms with van der Waals surface area (Å²) < 4.78 is 5.33. The summed E-state index contributed by atoms with van der Waals surface area (Å²) in [5.74, 6) is 3.48. The quantitative estimate of drug-likeness (QED) is 0.846. The molecule has 0 spiro atoms. The van der Waals surface area contributed by atoms with E-state index >= 15 is 0 Å². The van der Waals surface area contributed by atoms with E-state index in [0.717, 1.165) is 23.5 Å². The second kappa shape index (κ2) is 7.31. The molecule has 0 heterocycles. The van der Waals surface area contributed by atoms with Gasteiger partial charge in [0.05, 0.1) is 7.11 Å². The molecule has 1 atom stereocenters. The van der Waals surface area contributed by atoms with Crippen molar-refractivity contribution in [2.75, 3.05) is 14.2 Å². The zero-order chi connectivity index (χ0) is 15.4. The lowest BCUT2D eigenvalue weighted by atomic mass is 9.73. The van der Waals surface area contributed by atoms with Crippen molar-refractivity contribution in [3.63, 3.8) is 0 Å². The molecule has 1 saturated carbocycles. The smallest absolute Gasteiger partial charge is 0.119 e. The first-order valence-electron chi connectivity index (χ1n) is 8.38. The Balaban J connectivity index is 2.10. The highest BCUT2D eigenvalue weighted by Gasteiger charge is 2.29. The summed E-state index contributed by atoms with van der Waals surface area (Å²) in [4.78, 5) is 0. The van der Waals surface area contributed by atoms with Crippen LogP contribution in [-0.4, -0.2) is 14.2 Å². The lowest BCUT2D eigenvalue weighted by Crippen LogP contribution is -2.30. The number of rotatable bonds is 5. The van der Waals surface area contributed by atoms with E-state index in [-0.39, 0.29) is 0 Å². The van der Waals surface area contributed by atoms with Crippen molar-refractivity contribution in [2.24, 2.45) is 17.8 Å². The molecule has 21 heavy (non-hydrogen) atoms. The van der Waals surface area contributed by atoms with Gasteiger partial charge in [0, 0.05) is 6.04 Å². The summed E-state index contributed by atoms with van der Waals surface area (Å²) in [6.45, 7) is 6.93. The van der Waals surface area contributed by atoms with Gasteiger partial charge in [-0.3, -0.25) is 0 Å². The van der Waals surface area contributed by atoms with E-state index in [4.69, 9.17) is 4.74 Å². The minimum absolute atomic E-state index is 0.476. The van der Waals surface area contributed by atoms with Crippen molar-refractivity contribution in [3.05, 3.63) is 29.3 Å². The number of ether oxygens (including phenoxy) is 1. The Morgan fingerprint density at radius 3 is 2.19 bits per heavy atom. The fourth-order valence-electron chi connectivity index (χ4n) is 3.91. The van der Waals surface area contributed by atoms with Gasteiger partial charge in [-0.05, 0) is 80.7 Å². The number of hydrogen-bond acceptors (Lipinski definition) is 2. The van der Waals surface area contributed by atoms with Crippen LogP contribution in [0.15, 0.2) is 18.2 Å². The topological polar surface area (TPSA) is 21.3 Å². The highest BCUT2D eigenvalue weighted by atomic mass is 16.5. The molecule has 1 aliphatic rings. The molecule has 0 saturated heterocycles. The second-order valence-corrected chi connectivity index (χ2v) is 6.91. The molecule has 2 nitrogen and oxygen atoms in total. The highest BCUT2D eigenvalue weighted by Crippen LogP contribution is 2.40. The Morgan fingerprint density at radius 2 is 1.71 bits per heavy atom. The molecule has 0 radical (unpaired) electrons.